The number of ether oxygens (including phenoxy) is 1. The van der Waals surface area contributed by atoms with Crippen molar-refractivity contribution in [3.05, 3.63) is 23.8 Å². The summed E-state index contributed by atoms with van der Waals surface area (Å²) < 4.78 is 5.28. The van der Waals surface area contributed by atoms with Crippen LogP contribution in [0, 0.1) is 0 Å². The molecular formula is C10H15NO2. The van der Waals surface area contributed by atoms with E-state index in [2.05, 4.69) is 0 Å². The summed E-state index contributed by atoms with van der Waals surface area (Å²) in [6.07, 6.45) is -0.555. The molecule has 1 unspecified atom stereocenters. The lowest BCUT2D eigenvalue weighted by molar-refractivity contribution is 0.199. The second-order valence-electron chi connectivity index (χ2n) is 2.90. The summed E-state index contributed by atoms with van der Waals surface area (Å²) in [5.41, 5.74) is 6.98. The zero-order valence-corrected chi connectivity index (χ0v) is 7.95. The van der Waals surface area contributed by atoms with E-state index in [1.807, 2.05) is 6.92 Å². The molecule has 1 aromatic rings. The number of hydrogen-bond acceptors (Lipinski definition) is 3. The lowest BCUT2D eigenvalue weighted by atomic mass is 10.1. The third-order valence-electron chi connectivity index (χ3n) is 1.82. The number of aliphatic hydroxyl groups is 1. The van der Waals surface area contributed by atoms with E-state index in [0.717, 1.165) is 5.75 Å². The Morgan fingerprint density at radius 2 is 2.23 bits per heavy atom. The summed E-state index contributed by atoms with van der Waals surface area (Å²) in [4.78, 5) is 0. The lowest BCUT2D eigenvalue weighted by Gasteiger charge is -2.10. The fourth-order valence-electron chi connectivity index (χ4n) is 1.17. The molecule has 0 amide bonds. The quantitative estimate of drug-likeness (QED) is 0.698. The lowest BCUT2D eigenvalue weighted by Crippen LogP contribution is -2.00. The van der Waals surface area contributed by atoms with Crippen LogP contribution in [0.25, 0.3) is 0 Å². The molecule has 0 aliphatic heterocycles. The highest BCUT2D eigenvalue weighted by molar-refractivity contribution is 5.51. The van der Waals surface area contributed by atoms with Crippen LogP contribution in [0.2, 0.25) is 0 Å². The van der Waals surface area contributed by atoms with E-state index in [1.54, 1.807) is 25.1 Å². The van der Waals surface area contributed by atoms with Crippen molar-refractivity contribution in [2.45, 2.75) is 20.0 Å². The Morgan fingerprint density at radius 1 is 1.54 bits per heavy atom. The molecule has 0 radical (unpaired) electrons. The van der Waals surface area contributed by atoms with E-state index in [-0.39, 0.29) is 0 Å². The normalized spacial score (nSPS) is 12.5. The standard InChI is InChI=1S/C10H15NO2/c1-3-13-8-4-5-10(11)9(6-8)7(2)12/h4-7,12H,3,11H2,1-2H3. The number of aliphatic hydroxyl groups excluding tert-OH is 1. The van der Waals surface area contributed by atoms with E-state index in [0.29, 0.717) is 17.9 Å². The predicted molar refractivity (Wildman–Crippen MR) is 52.7 cm³/mol. The summed E-state index contributed by atoms with van der Waals surface area (Å²) in [5, 5.41) is 9.36. The van der Waals surface area contributed by atoms with Gasteiger partial charge >= 0.3 is 0 Å². The molecule has 13 heavy (non-hydrogen) atoms. The maximum Gasteiger partial charge on any atom is 0.119 e. The van der Waals surface area contributed by atoms with E-state index in [9.17, 15) is 5.11 Å². The van der Waals surface area contributed by atoms with Crippen molar-refractivity contribution < 1.29 is 9.84 Å². The Kier molecular flexibility index (Phi) is 3.14. The number of benzene rings is 1. The topological polar surface area (TPSA) is 55.5 Å². The number of rotatable bonds is 3. The van der Waals surface area contributed by atoms with Gasteiger partial charge in [-0.1, -0.05) is 0 Å². The molecule has 0 spiro atoms. The summed E-state index contributed by atoms with van der Waals surface area (Å²) >= 11 is 0. The first-order chi connectivity index (χ1) is 6.15. The number of nitrogen functional groups attached to an aromatic ring is 1. The van der Waals surface area contributed by atoms with Gasteiger partial charge in [0.2, 0.25) is 0 Å². The minimum Gasteiger partial charge on any atom is -0.494 e. The van der Waals surface area contributed by atoms with Crippen LogP contribution in [0.1, 0.15) is 25.5 Å². The maximum atomic E-state index is 9.36. The number of nitrogens with two attached hydrogens (primary N) is 1. The second-order valence-corrected chi connectivity index (χ2v) is 2.90. The Morgan fingerprint density at radius 3 is 2.77 bits per heavy atom. The van der Waals surface area contributed by atoms with Crippen LogP contribution in [0.5, 0.6) is 5.75 Å². The van der Waals surface area contributed by atoms with Gasteiger partial charge in [-0.3, -0.25) is 0 Å². The molecule has 1 aromatic carbocycles. The summed E-state index contributed by atoms with van der Waals surface area (Å²) in [5.74, 6) is 0.743. The molecular weight excluding hydrogens is 166 g/mol. The van der Waals surface area contributed by atoms with Crippen LogP contribution in [0.15, 0.2) is 18.2 Å². The van der Waals surface area contributed by atoms with Gasteiger partial charge in [0, 0.05) is 11.3 Å². The Balaban J connectivity index is 2.97. The molecule has 0 aliphatic rings. The van der Waals surface area contributed by atoms with Gasteiger partial charge in [-0.2, -0.15) is 0 Å². The molecule has 0 heterocycles. The van der Waals surface area contributed by atoms with Crippen molar-refractivity contribution in [2.24, 2.45) is 0 Å². The van der Waals surface area contributed by atoms with Gasteiger partial charge in [0.1, 0.15) is 5.75 Å². The van der Waals surface area contributed by atoms with Crippen LogP contribution in [0.3, 0.4) is 0 Å². The third kappa shape index (κ3) is 2.36. The summed E-state index contributed by atoms with van der Waals surface area (Å²) in [7, 11) is 0. The molecule has 1 rings (SSSR count). The van der Waals surface area contributed by atoms with Crippen LogP contribution < -0.4 is 10.5 Å². The number of anilines is 1. The molecule has 0 saturated heterocycles. The van der Waals surface area contributed by atoms with Gasteiger partial charge in [-0.05, 0) is 32.0 Å². The van der Waals surface area contributed by atoms with E-state index in [4.69, 9.17) is 10.5 Å². The van der Waals surface area contributed by atoms with Crippen molar-refractivity contribution in [1.82, 2.24) is 0 Å². The van der Waals surface area contributed by atoms with E-state index < -0.39 is 6.10 Å². The number of hydrogen-bond donors (Lipinski definition) is 2. The Bertz CT molecular complexity index is 284. The van der Waals surface area contributed by atoms with Crippen LogP contribution in [-0.2, 0) is 0 Å². The molecule has 1 atom stereocenters. The van der Waals surface area contributed by atoms with Gasteiger partial charge in [-0.25, -0.2) is 0 Å². The second kappa shape index (κ2) is 4.14. The molecule has 3 heteroatoms. The third-order valence-corrected chi connectivity index (χ3v) is 1.82. The molecule has 0 saturated carbocycles. The van der Waals surface area contributed by atoms with Crippen molar-refractivity contribution in [2.75, 3.05) is 12.3 Å². The molecule has 0 fully saturated rings. The minimum absolute atomic E-state index is 0.555. The predicted octanol–water partition coefficient (Wildman–Crippen LogP) is 1.72. The first-order valence-corrected chi connectivity index (χ1v) is 4.35. The molecule has 0 aromatic heterocycles. The van der Waals surface area contributed by atoms with E-state index >= 15 is 0 Å². The molecule has 0 aliphatic carbocycles. The highest BCUT2D eigenvalue weighted by atomic mass is 16.5. The van der Waals surface area contributed by atoms with Gasteiger partial charge < -0.3 is 15.6 Å². The first kappa shape index (κ1) is 9.86. The fourth-order valence-corrected chi connectivity index (χ4v) is 1.17. The monoisotopic (exact) mass is 181 g/mol. The Labute approximate surface area is 78.1 Å². The van der Waals surface area contributed by atoms with Gasteiger partial charge in [-0.15, -0.1) is 0 Å². The molecule has 72 valence electrons. The zero-order valence-electron chi connectivity index (χ0n) is 7.95. The zero-order chi connectivity index (χ0) is 9.84. The summed E-state index contributed by atoms with van der Waals surface area (Å²) in [6.45, 7) is 4.21. The average Bonchev–Trinajstić information content (AvgIpc) is 2.08. The highest BCUT2D eigenvalue weighted by Crippen LogP contribution is 2.24. The largest absolute Gasteiger partial charge is 0.494 e. The highest BCUT2D eigenvalue weighted by Gasteiger charge is 2.06. The molecule has 3 N–H and O–H groups in total. The average molecular weight is 181 g/mol. The van der Waals surface area contributed by atoms with Crippen molar-refractivity contribution in [3.63, 3.8) is 0 Å². The Hall–Kier alpha value is -1.22. The van der Waals surface area contributed by atoms with Crippen molar-refractivity contribution in [1.29, 1.82) is 0 Å². The smallest absolute Gasteiger partial charge is 0.119 e. The molecule has 0 bridgehead atoms. The summed E-state index contributed by atoms with van der Waals surface area (Å²) in [6, 6.07) is 5.31. The van der Waals surface area contributed by atoms with Gasteiger partial charge in [0.15, 0.2) is 0 Å². The van der Waals surface area contributed by atoms with Gasteiger partial charge in [0.05, 0.1) is 12.7 Å². The van der Waals surface area contributed by atoms with Crippen LogP contribution in [-0.4, -0.2) is 11.7 Å². The fraction of sp³-hybridized carbons (Fsp3) is 0.400. The van der Waals surface area contributed by atoms with E-state index in [1.165, 1.54) is 0 Å². The maximum absolute atomic E-state index is 9.36. The van der Waals surface area contributed by atoms with Crippen LogP contribution >= 0.6 is 0 Å². The van der Waals surface area contributed by atoms with Crippen molar-refractivity contribution in [3.8, 4) is 5.75 Å². The first-order valence-electron chi connectivity index (χ1n) is 4.35. The van der Waals surface area contributed by atoms with Crippen molar-refractivity contribution >= 4 is 5.69 Å². The molecule has 3 nitrogen and oxygen atoms in total. The minimum atomic E-state index is -0.555. The SMILES string of the molecule is CCOc1ccc(N)c(C(C)O)c1. The van der Waals surface area contributed by atoms with Crippen LogP contribution in [0.4, 0.5) is 5.69 Å². The van der Waals surface area contributed by atoms with Gasteiger partial charge in [0.25, 0.3) is 0 Å².